The van der Waals surface area contributed by atoms with Crippen LogP contribution in [0.4, 0.5) is 5.69 Å². The van der Waals surface area contributed by atoms with Crippen LogP contribution in [0.3, 0.4) is 0 Å². The number of hydrogen-bond donors (Lipinski definition) is 2. The Labute approximate surface area is 126 Å². The summed E-state index contributed by atoms with van der Waals surface area (Å²) in [5.74, 6) is 0.696. The van der Waals surface area contributed by atoms with Gasteiger partial charge in [0.25, 0.3) is 16.0 Å². The molecule has 22 heavy (non-hydrogen) atoms. The highest BCUT2D eigenvalue weighted by Crippen LogP contribution is 2.32. The Balaban J connectivity index is 1.77. The van der Waals surface area contributed by atoms with E-state index < -0.39 is 10.1 Å². The first-order chi connectivity index (χ1) is 10.4. The van der Waals surface area contributed by atoms with Crippen molar-refractivity contribution in [3.63, 3.8) is 0 Å². The van der Waals surface area contributed by atoms with Crippen LogP contribution >= 0.6 is 0 Å². The van der Waals surface area contributed by atoms with E-state index in [9.17, 15) is 13.2 Å². The number of anilines is 1. The van der Waals surface area contributed by atoms with Crippen molar-refractivity contribution in [3.05, 3.63) is 48.0 Å². The molecule has 0 aliphatic carbocycles. The molecule has 2 aromatic rings. The van der Waals surface area contributed by atoms with Gasteiger partial charge in [0.05, 0.1) is 4.90 Å². The SMILES string of the molecule is O=C(Nc1ccc(S(=O)(=O)O)cc1)c1ccc2c(c1)OCO2. The van der Waals surface area contributed by atoms with Gasteiger partial charge in [0.1, 0.15) is 0 Å². The molecular weight excluding hydrogens is 310 g/mol. The lowest BCUT2D eigenvalue weighted by Crippen LogP contribution is -2.11. The van der Waals surface area contributed by atoms with Gasteiger partial charge in [-0.2, -0.15) is 8.42 Å². The molecule has 0 saturated heterocycles. The minimum absolute atomic E-state index is 0.123. The summed E-state index contributed by atoms with van der Waals surface area (Å²) in [6.07, 6.45) is 0. The van der Waals surface area contributed by atoms with Crippen molar-refractivity contribution in [2.45, 2.75) is 4.90 Å². The maximum atomic E-state index is 12.1. The minimum Gasteiger partial charge on any atom is -0.454 e. The van der Waals surface area contributed by atoms with Crippen LogP contribution in [0.5, 0.6) is 11.5 Å². The van der Waals surface area contributed by atoms with Crippen LogP contribution in [0, 0.1) is 0 Å². The highest BCUT2D eigenvalue weighted by Gasteiger charge is 2.16. The highest BCUT2D eigenvalue weighted by atomic mass is 32.2. The van der Waals surface area contributed by atoms with Crippen LogP contribution in [0.25, 0.3) is 0 Å². The second-order valence-electron chi connectivity index (χ2n) is 4.52. The molecule has 0 radical (unpaired) electrons. The molecule has 2 N–H and O–H groups in total. The third-order valence-electron chi connectivity index (χ3n) is 3.04. The minimum atomic E-state index is -4.25. The fourth-order valence-corrected chi connectivity index (χ4v) is 2.43. The quantitative estimate of drug-likeness (QED) is 0.837. The number of ether oxygens (including phenoxy) is 2. The van der Waals surface area contributed by atoms with Crippen LogP contribution in [-0.4, -0.2) is 25.7 Å². The molecule has 2 aromatic carbocycles. The monoisotopic (exact) mass is 321 g/mol. The van der Waals surface area contributed by atoms with Gasteiger partial charge in [0.2, 0.25) is 6.79 Å². The Morgan fingerprint density at radius 3 is 2.41 bits per heavy atom. The molecule has 7 nitrogen and oxygen atoms in total. The van der Waals surface area contributed by atoms with Gasteiger partial charge < -0.3 is 14.8 Å². The maximum absolute atomic E-state index is 12.1. The van der Waals surface area contributed by atoms with E-state index in [0.29, 0.717) is 22.7 Å². The summed E-state index contributed by atoms with van der Waals surface area (Å²) in [4.78, 5) is 11.9. The molecule has 8 heteroatoms. The lowest BCUT2D eigenvalue weighted by atomic mass is 10.2. The van der Waals surface area contributed by atoms with Crippen molar-refractivity contribution < 1.29 is 27.2 Å². The Morgan fingerprint density at radius 1 is 1.05 bits per heavy atom. The van der Waals surface area contributed by atoms with E-state index in [2.05, 4.69) is 5.32 Å². The number of carbonyl (C=O) groups excluding carboxylic acids is 1. The molecule has 0 fully saturated rings. The summed E-state index contributed by atoms with van der Waals surface area (Å²) >= 11 is 0. The third kappa shape index (κ3) is 2.87. The van der Waals surface area contributed by atoms with Crippen molar-refractivity contribution in [3.8, 4) is 11.5 Å². The number of nitrogens with one attached hydrogen (secondary N) is 1. The molecule has 0 bridgehead atoms. The number of amides is 1. The summed E-state index contributed by atoms with van der Waals surface area (Å²) in [5.41, 5.74) is 0.776. The number of rotatable bonds is 3. The van der Waals surface area contributed by atoms with Crippen molar-refractivity contribution >= 4 is 21.7 Å². The molecule has 1 aliphatic rings. The van der Waals surface area contributed by atoms with Gasteiger partial charge in [-0.3, -0.25) is 9.35 Å². The van der Waals surface area contributed by atoms with E-state index in [0.717, 1.165) is 0 Å². The van der Waals surface area contributed by atoms with Gasteiger partial charge in [0.15, 0.2) is 11.5 Å². The molecule has 0 aromatic heterocycles. The van der Waals surface area contributed by atoms with Crippen LogP contribution in [0.1, 0.15) is 10.4 Å². The summed E-state index contributed by atoms with van der Waals surface area (Å²) in [6, 6.07) is 9.95. The van der Waals surface area contributed by atoms with Crippen LogP contribution in [0.2, 0.25) is 0 Å². The fraction of sp³-hybridized carbons (Fsp3) is 0.0714. The Hall–Kier alpha value is -2.58. The molecule has 0 unspecified atom stereocenters. The van der Waals surface area contributed by atoms with E-state index in [1.807, 2.05) is 0 Å². The molecular formula is C14H11NO6S. The lowest BCUT2D eigenvalue weighted by Gasteiger charge is -2.06. The van der Waals surface area contributed by atoms with Gasteiger partial charge in [-0.05, 0) is 42.5 Å². The van der Waals surface area contributed by atoms with Gasteiger partial charge in [-0.25, -0.2) is 0 Å². The molecule has 3 rings (SSSR count). The molecule has 0 spiro atoms. The molecule has 1 heterocycles. The highest BCUT2D eigenvalue weighted by molar-refractivity contribution is 7.85. The number of hydrogen-bond acceptors (Lipinski definition) is 5. The van der Waals surface area contributed by atoms with Gasteiger partial charge >= 0.3 is 0 Å². The first-order valence-electron chi connectivity index (χ1n) is 6.22. The molecule has 0 atom stereocenters. The average molecular weight is 321 g/mol. The second-order valence-corrected chi connectivity index (χ2v) is 5.94. The van der Waals surface area contributed by atoms with Gasteiger partial charge in [0, 0.05) is 11.3 Å². The van der Waals surface area contributed by atoms with E-state index >= 15 is 0 Å². The number of carbonyl (C=O) groups is 1. The van der Waals surface area contributed by atoms with Crippen LogP contribution in [0.15, 0.2) is 47.4 Å². The van der Waals surface area contributed by atoms with Crippen LogP contribution in [-0.2, 0) is 10.1 Å². The second kappa shape index (κ2) is 5.32. The average Bonchev–Trinajstić information content (AvgIpc) is 2.94. The largest absolute Gasteiger partial charge is 0.454 e. The van der Waals surface area contributed by atoms with Crippen LogP contribution < -0.4 is 14.8 Å². The zero-order valence-corrected chi connectivity index (χ0v) is 12.0. The normalized spacial score (nSPS) is 13.0. The van der Waals surface area contributed by atoms with Crippen molar-refractivity contribution in [2.24, 2.45) is 0 Å². The first kappa shape index (κ1) is 14.4. The zero-order valence-electron chi connectivity index (χ0n) is 11.1. The fourth-order valence-electron chi connectivity index (χ4n) is 1.95. The summed E-state index contributed by atoms with van der Waals surface area (Å²) < 4.78 is 41.1. The Bertz CT molecular complexity index is 829. The first-order valence-corrected chi connectivity index (χ1v) is 7.66. The topological polar surface area (TPSA) is 102 Å². The summed E-state index contributed by atoms with van der Waals surface area (Å²) in [5, 5.41) is 2.62. The van der Waals surface area contributed by atoms with E-state index in [4.69, 9.17) is 14.0 Å². The van der Waals surface area contributed by atoms with Crippen molar-refractivity contribution in [1.29, 1.82) is 0 Å². The van der Waals surface area contributed by atoms with Crippen molar-refractivity contribution in [1.82, 2.24) is 0 Å². The predicted molar refractivity (Wildman–Crippen MR) is 76.8 cm³/mol. The zero-order chi connectivity index (χ0) is 15.7. The van der Waals surface area contributed by atoms with E-state index in [1.54, 1.807) is 18.2 Å². The predicted octanol–water partition coefficient (Wildman–Crippen LogP) is 1.91. The molecule has 0 saturated carbocycles. The van der Waals surface area contributed by atoms with Crippen molar-refractivity contribution in [2.75, 3.05) is 12.1 Å². The molecule has 114 valence electrons. The van der Waals surface area contributed by atoms with E-state index in [-0.39, 0.29) is 17.6 Å². The Morgan fingerprint density at radius 2 is 1.73 bits per heavy atom. The summed E-state index contributed by atoms with van der Waals surface area (Å²) in [6.45, 7) is 0.123. The molecule has 1 amide bonds. The molecule has 1 aliphatic heterocycles. The third-order valence-corrected chi connectivity index (χ3v) is 3.91. The van der Waals surface area contributed by atoms with Gasteiger partial charge in [-0.15, -0.1) is 0 Å². The summed E-state index contributed by atoms with van der Waals surface area (Å²) in [7, 11) is -4.25. The Kier molecular flexibility index (Phi) is 3.47. The number of fused-ring (bicyclic) bond motifs is 1. The maximum Gasteiger partial charge on any atom is 0.294 e. The number of benzene rings is 2. The smallest absolute Gasteiger partial charge is 0.294 e. The standard InChI is InChI=1S/C14H11NO6S/c16-14(9-1-6-12-13(7-9)21-8-20-12)15-10-2-4-11(5-3-10)22(17,18)19/h1-7H,8H2,(H,15,16)(H,17,18,19). The van der Waals surface area contributed by atoms with E-state index in [1.165, 1.54) is 24.3 Å². The lowest BCUT2D eigenvalue weighted by molar-refractivity contribution is 0.102. The van der Waals surface area contributed by atoms with Gasteiger partial charge in [-0.1, -0.05) is 0 Å².